The first kappa shape index (κ1) is 12.0. The smallest absolute Gasteiger partial charge is 0.0519 e. The van der Waals surface area contributed by atoms with Gasteiger partial charge in [-0.2, -0.15) is 0 Å². The molecule has 74 valence electrons. The van der Waals surface area contributed by atoms with Crippen molar-refractivity contribution in [2.75, 3.05) is 13.2 Å². The average Bonchev–Trinajstić information content (AvgIpc) is 2.03. The standard InChI is InChI=1S/C11H24O/c1-6-8-12-9-11(4,5)10(3)7-2/h10H,6-9H2,1-5H3. The fourth-order valence-electron chi connectivity index (χ4n) is 1.17. The molecule has 0 fully saturated rings. The highest BCUT2D eigenvalue weighted by Gasteiger charge is 2.24. The number of rotatable bonds is 6. The predicted molar refractivity (Wildman–Crippen MR) is 54.3 cm³/mol. The van der Waals surface area contributed by atoms with Crippen molar-refractivity contribution in [1.29, 1.82) is 0 Å². The van der Waals surface area contributed by atoms with Crippen molar-refractivity contribution < 1.29 is 4.74 Å². The van der Waals surface area contributed by atoms with Crippen LogP contribution in [0, 0.1) is 11.3 Å². The lowest BCUT2D eigenvalue weighted by molar-refractivity contribution is 0.0323. The van der Waals surface area contributed by atoms with Gasteiger partial charge in [-0.15, -0.1) is 0 Å². The Hall–Kier alpha value is -0.0400. The van der Waals surface area contributed by atoms with Gasteiger partial charge in [-0.25, -0.2) is 0 Å². The number of ether oxygens (including phenoxy) is 1. The zero-order valence-corrected chi connectivity index (χ0v) is 9.31. The van der Waals surface area contributed by atoms with Crippen LogP contribution in [0.4, 0.5) is 0 Å². The molecule has 0 aliphatic carbocycles. The third kappa shape index (κ3) is 4.10. The molecule has 0 spiro atoms. The Labute approximate surface area is 77.5 Å². The van der Waals surface area contributed by atoms with E-state index in [4.69, 9.17) is 4.74 Å². The van der Waals surface area contributed by atoms with Gasteiger partial charge < -0.3 is 4.74 Å². The highest BCUT2D eigenvalue weighted by molar-refractivity contribution is 4.73. The first-order chi connectivity index (χ1) is 5.54. The number of hydrogen-bond donors (Lipinski definition) is 0. The molecule has 1 unspecified atom stereocenters. The molecule has 0 aromatic rings. The largest absolute Gasteiger partial charge is 0.381 e. The van der Waals surface area contributed by atoms with Gasteiger partial charge in [-0.05, 0) is 17.8 Å². The lowest BCUT2D eigenvalue weighted by Crippen LogP contribution is -2.27. The van der Waals surface area contributed by atoms with E-state index in [9.17, 15) is 0 Å². The Morgan fingerprint density at radius 3 is 2.25 bits per heavy atom. The Morgan fingerprint density at radius 2 is 1.83 bits per heavy atom. The van der Waals surface area contributed by atoms with Crippen LogP contribution in [0.1, 0.15) is 47.5 Å². The maximum absolute atomic E-state index is 5.57. The molecule has 0 amide bonds. The molecule has 0 aromatic carbocycles. The molecule has 1 nitrogen and oxygen atoms in total. The Balaban J connectivity index is 3.70. The quantitative estimate of drug-likeness (QED) is 0.557. The minimum absolute atomic E-state index is 0.337. The molecule has 0 radical (unpaired) electrons. The van der Waals surface area contributed by atoms with Crippen LogP contribution in [0.2, 0.25) is 0 Å². The summed E-state index contributed by atoms with van der Waals surface area (Å²) in [6.45, 7) is 13.1. The van der Waals surface area contributed by atoms with Crippen LogP contribution in [0.15, 0.2) is 0 Å². The minimum atomic E-state index is 0.337. The van der Waals surface area contributed by atoms with Crippen molar-refractivity contribution in [3.8, 4) is 0 Å². The fourth-order valence-corrected chi connectivity index (χ4v) is 1.17. The third-order valence-electron chi connectivity index (χ3n) is 2.77. The van der Waals surface area contributed by atoms with E-state index < -0.39 is 0 Å². The van der Waals surface area contributed by atoms with Gasteiger partial charge in [0.1, 0.15) is 0 Å². The molecule has 12 heavy (non-hydrogen) atoms. The van der Waals surface area contributed by atoms with Gasteiger partial charge >= 0.3 is 0 Å². The van der Waals surface area contributed by atoms with Crippen molar-refractivity contribution in [3.05, 3.63) is 0 Å². The van der Waals surface area contributed by atoms with Gasteiger partial charge in [-0.3, -0.25) is 0 Å². The van der Waals surface area contributed by atoms with Gasteiger partial charge in [0.05, 0.1) is 6.61 Å². The van der Waals surface area contributed by atoms with Crippen LogP contribution < -0.4 is 0 Å². The van der Waals surface area contributed by atoms with E-state index in [-0.39, 0.29) is 0 Å². The van der Waals surface area contributed by atoms with Crippen molar-refractivity contribution in [2.45, 2.75) is 47.5 Å². The summed E-state index contributed by atoms with van der Waals surface area (Å²) < 4.78 is 5.57. The zero-order chi connectivity index (χ0) is 9.61. The molecule has 0 saturated heterocycles. The molecule has 0 saturated carbocycles. The van der Waals surface area contributed by atoms with Crippen LogP contribution in [-0.4, -0.2) is 13.2 Å². The maximum Gasteiger partial charge on any atom is 0.0519 e. The average molecular weight is 172 g/mol. The molecule has 0 aliphatic rings. The summed E-state index contributed by atoms with van der Waals surface area (Å²) in [5.74, 6) is 0.745. The van der Waals surface area contributed by atoms with E-state index in [2.05, 4.69) is 34.6 Å². The normalized spacial score (nSPS) is 14.8. The lowest BCUT2D eigenvalue weighted by Gasteiger charge is -2.30. The molecule has 0 aliphatic heterocycles. The Bertz CT molecular complexity index is 108. The second-order valence-corrected chi connectivity index (χ2v) is 4.35. The molecule has 1 heteroatoms. The molecular weight excluding hydrogens is 148 g/mol. The Kier molecular flexibility index (Phi) is 5.56. The van der Waals surface area contributed by atoms with Crippen LogP contribution >= 0.6 is 0 Å². The summed E-state index contributed by atoms with van der Waals surface area (Å²) in [5, 5.41) is 0. The van der Waals surface area contributed by atoms with E-state index in [0.717, 1.165) is 25.6 Å². The SMILES string of the molecule is CCCOCC(C)(C)C(C)CC. The maximum atomic E-state index is 5.57. The summed E-state index contributed by atoms with van der Waals surface area (Å²) in [7, 11) is 0. The first-order valence-electron chi connectivity index (χ1n) is 5.12. The Morgan fingerprint density at radius 1 is 1.25 bits per heavy atom. The van der Waals surface area contributed by atoms with Crippen molar-refractivity contribution in [3.63, 3.8) is 0 Å². The van der Waals surface area contributed by atoms with Gasteiger partial charge in [0.25, 0.3) is 0 Å². The van der Waals surface area contributed by atoms with Crippen LogP contribution in [-0.2, 0) is 4.74 Å². The van der Waals surface area contributed by atoms with Gasteiger partial charge in [0.2, 0.25) is 0 Å². The van der Waals surface area contributed by atoms with Crippen LogP contribution in [0.25, 0.3) is 0 Å². The second kappa shape index (κ2) is 5.58. The molecule has 0 bridgehead atoms. The zero-order valence-electron chi connectivity index (χ0n) is 9.31. The van der Waals surface area contributed by atoms with Crippen LogP contribution in [0.3, 0.4) is 0 Å². The number of hydrogen-bond acceptors (Lipinski definition) is 1. The summed E-state index contributed by atoms with van der Waals surface area (Å²) in [4.78, 5) is 0. The van der Waals surface area contributed by atoms with Gasteiger partial charge in [0.15, 0.2) is 0 Å². The van der Waals surface area contributed by atoms with Crippen LogP contribution in [0.5, 0.6) is 0 Å². The van der Waals surface area contributed by atoms with Gasteiger partial charge in [0, 0.05) is 6.61 Å². The van der Waals surface area contributed by atoms with E-state index in [1.54, 1.807) is 0 Å². The summed E-state index contributed by atoms with van der Waals surface area (Å²) in [6, 6.07) is 0. The second-order valence-electron chi connectivity index (χ2n) is 4.35. The molecule has 0 aromatic heterocycles. The summed E-state index contributed by atoms with van der Waals surface area (Å²) >= 11 is 0. The van der Waals surface area contributed by atoms with E-state index in [0.29, 0.717) is 5.41 Å². The topological polar surface area (TPSA) is 9.23 Å². The highest BCUT2D eigenvalue weighted by Crippen LogP contribution is 2.28. The summed E-state index contributed by atoms with van der Waals surface area (Å²) in [6.07, 6.45) is 2.36. The molecule has 0 heterocycles. The fraction of sp³-hybridized carbons (Fsp3) is 1.00. The first-order valence-corrected chi connectivity index (χ1v) is 5.12. The minimum Gasteiger partial charge on any atom is -0.381 e. The summed E-state index contributed by atoms with van der Waals surface area (Å²) in [5.41, 5.74) is 0.337. The molecular formula is C11H24O. The van der Waals surface area contributed by atoms with Crippen molar-refractivity contribution >= 4 is 0 Å². The van der Waals surface area contributed by atoms with E-state index >= 15 is 0 Å². The monoisotopic (exact) mass is 172 g/mol. The predicted octanol–water partition coefficient (Wildman–Crippen LogP) is 3.49. The van der Waals surface area contributed by atoms with E-state index in [1.165, 1.54) is 6.42 Å². The van der Waals surface area contributed by atoms with Gasteiger partial charge in [-0.1, -0.05) is 41.0 Å². The molecule has 0 rings (SSSR count). The molecule has 0 N–H and O–H groups in total. The van der Waals surface area contributed by atoms with Crippen molar-refractivity contribution in [2.24, 2.45) is 11.3 Å². The van der Waals surface area contributed by atoms with Crippen molar-refractivity contribution in [1.82, 2.24) is 0 Å². The highest BCUT2D eigenvalue weighted by atomic mass is 16.5. The third-order valence-corrected chi connectivity index (χ3v) is 2.77. The lowest BCUT2D eigenvalue weighted by atomic mass is 9.79. The van der Waals surface area contributed by atoms with E-state index in [1.807, 2.05) is 0 Å². The molecule has 1 atom stereocenters.